The Morgan fingerprint density at radius 2 is 1.92 bits per heavy atom. The third-order valence-corrected chi connectivity index (χ3v) is 5.13. The van der Waals surface area contributed by atoms with Gasteiger partial charge in [0, 0.05) is 6.54 Å². The zero-order chi connectivity index (χ0) is 17.2. The largest absolute Gasteiger partial charge is 0.481 e. The number of carboxylic acid groups (broad SMARTS) is 1. The van der Waals surface area contributed by atoms with Crippen LogP contribution in [-0.2, 0) is 11.3 Å². The average Bonchev–Trinajstić information content (AvgIpc) is 2.54. The van der Waals surface area contributed by atoms with E-state index in [1.54, 1.807) is 4.90 Å². The van der Waals surface area contributed by atoms with Gasteiger partial charge in [0.2, 0.25) is 0 Å². The van der Waals surface area contributed by atoms with Crippen molar-refractivity contribution in [2.45, 2.75) is 56.7 Å². The molecule has 0 radical (unpaired) electrons. The van der Waals surface area contributed by atoms with Gasteiger partial charge in [-0.15, -0.1) is 0 Å². The quantitative estimate of drug-likeness (QED) is 0.793. The Morgan fingerprint density at radius 1 is 1.21 bits per heavy atom. The molecular weight excluding hydrogens is 308 g/mol. The monoisotopic (exact) mass is 332 g/mol. The maximum atomic E-state index is 12.7. The number of carbonyl (C=O) groups excluding carboxylic acids is 1. The lowest BCUT2D eigenvalue weighted by atomic mass is 9.79. The molecule has 1 heterocycles. The number of carbonyl (C=O) groups is 2. The van der Waals surface area contributed by atoms with Gasteiger partial charge in [0.15, 0.2) is 0 Å². The van der Waals surface area contributed by atoms with E-state index in [0.717, 1.165) is 30.4 Å². The summed E-state index contributed by atoms with van der Waals surface area (Å²) in [6.07, 6.45) is 3.56. The third-order valence-electron chi connectivity index (χ3n) is 5.13. The number of nitrogens with zero attached hydrogens (tertiary/aromatic N) is 1. The van der Waals surface area contributed by atoms with Gasteiger partial charge in [0.05, 0.1) is 24.6 Å². The van der Waals surface area contributed by atoms with Crippen molar-refractivity contribution >= 4 is 12.0 Å². The van der Waals surface area contributed by atoms with E-state index < -0.39 is 17.6 Å². The minimum atomic E-state index is -0.888. The summed E-state index contributed by atoms with van der Waals surface area (Å²) < 4.78 is 0. The van der Waals surface area contributed by atoms with Crippen molar-refractivity contribution in [3.63, 3.8) is 0 Å². The fraction of sp³-hybridized carbons (Fsp3) is 0.556. The van der Waals surface area contributed by atoms with Crippen LogP contribution in [0.25, 0.3) is 0 Å². The first-order chi connectivity index (χ1) is 11.5. The Balaban J connectivity index is 1.73. The number of β-amino-alcohol motifs (C(OH)–C–C–N with tert-alkyl or cyclic N) is 1. The molecular formula is C18H24N2O4. The minimum absolute atomic E-state index is 0.0499. The number of hydrogen-bond acceptors (Lipinski definition) is 3. The molecule has 1 aliphatic heterocycles. The number of amides is 2. The smallest absolute Gasteiger partial charge is 0.318 e. The van der Waals surface area contributed by atoms with Crippen molar-refractivity contribution in [3.8, 4) is 0 Å². The van der Waals surface area contributed by atoms with Crippen LogP contribution in [0.2, 0.25) is 0 Å². The van der Waals surface area contributed by atoms with E-state index in [1.165, 1.54) is 0 Å². The second kappa shape index (κ2) is 6.81. The van der Waals surface area contributed by atoms with Gasteiger partial charge in [-0.1, -0.05) is 43.5 Å². The zero-order valence-corrected chi connectivity index (χ0v) is 13.7. The average molecular weight is 332 g/mol. The molecule has 3 N–H and O–H groups in total. The lowest BCUT2D eigenvalue weighted by Gasteiger charge is -2.40. The van der Waals surface area contributed by atoms with Gasteiger partial charge in [0.1, 0.15) is 0 Å². The predicted molar refractivity (Wildman–Crippen MR) is 88.4 cm³/mol. The third kappa shape index (κ3) is 3.53. The Bertz CT molecular complexity index is 625. The highest BCUT2D eigenvalue weighted by Gasteiger charge is 2.38. The van der Waals surface area contributed by atoms with E-state index in [1.807, 2.05) is 24.3 Å². The van der Waals surface area contributed by atoms with Crippen molar-refractivity contribution in [2.24, 2.45) is 0 Å². The molecule has 1 fully saturated rings. The molecule has 1 unspecified atom stereocenters. The summed E-state index contributed by atoms with van der Waals surface area (Å²) in [5, 5.41) is 22.5. The fourth-order valence-corrected chi connectivity index (χ4v) is 3.91. The fourth-order valence-electron chi connectivity index (χ4n) is 3.91. The maximum absolute atomic E-state index is 12.7. The number of aliphatic hydroxyl groups excluding tert-OH is 1. The predicted octanol–water partition coefficient (Wildman–Crippen LogP) is 2.42. The highest BCUT2D eigenvalue weighted by atomic mass is 16.4. The van der Waals surface area contributed by atoms with Crippen LogP contribution >= 0.6 is 0 Å². The van der Waals surface area contributed by atoms with Crippen molar-refractivity contribution in [1.29, 1.82) is 0 Å². The van der Waals surface area contributed by atoms with E-state index in [4.69, 9.17) is 0 Å². The Hall–Kier alpha value is -2.08. The maximum Gasteiger partial charge on any atom is 0.318 e. The summed E-state index contributed by atoms with van der Waals surface area (Å²) in [5.41, 5.74) is 1.13. The molecule has 0 bridgehead atoms. The first kappa shape index (κ1) is 16.8. The number of benzene rings is 1. The molecule has 0 aromatic heterocycles. The molecule has 1 saturated carbocycles. The summed E-state index contributed by atoms with van der Waals surface area (Å²) in [6, 6.07) is 7.27. The van der Waals surface area contributed by atoms with Crippen LogP contribution in [0.4, 0.5) is 4.79 Å². The normalized spacial score (nSPS) is 22.5. The first-order valence-corrected chi connectivity index (χ1v) is 8.54. The van der Waals surface area contributed by atoms with Gasteiger partial charge in [0.25, 0.3) is 0 Å². The second-order valence-corrected chi connectivity index (χ2v) is 6.94. The van der Waals surface area contributed by atoms with Gasteiger partial charge >= 0.3 is 12.0 Å². The number of fused-ring (bicyclic) bond motifs is 1. The van der Waals surface area contributed by atoms with Gasteiger partial charge in [-0.3, -0.25) is 4.79 Å². The highest BCUT2D eigenvalue weighted by molar-refractivity contribution is 5.77. The molecule has 24 heavy (non-hydrogen) atoms. The first-order valence-electron chi connectivity index (χ1n) is 8.54. The summed E-state index contributed by atoms with van der Waals surface area (Å²) in [6.45, 7) is 0.661. The Labute approximate surface area is 141 Å². The Kier molecular flexibility index (Phi) is 4.76. The van der Waals surface area contributed by atoms with Crippen molar-refractivity contribution in [1.82, 2.24) is 10.2 Å². The molecule has 0 spiro atoms. The van der Waals surface area contributed by atoms with Crippen LogP contribution in [0.3, 0.4) is 0 Å². The summed E-state index contributed by atoms with van der Waals surface area (Å²) in [7, 11) is 0. The van der Waals surface area contributed by atoms with Crippen molar-refractivity contribution in [2.75, 3.05) is 6.54 Å². The molecule has 130 valence electrons. The molecule has 6 heteroatoms. The van der Waals surface area contributed by atoms with E-state index in [2.05, 4.69) is 5.32 Å². The summed E-state index contributed by atoms with van der Waals surface area (Å²) in [4.78, 5) is 25.5. The molecule has 2 amide bonds. The molecule has 1 aromatic rings. The number of rotatable bonds is 3. The van der Waals surface area contributed by atoms with Crippen LogP contribution in [0.5, 0.6) is 0 Å². The topological polar surface area (TPSA) is 89.9 Å². The number of hydrogen-bond donors (Lipinski definition) is 3. The van der Waals surface area contributed by atoms with Crippen LogP contribution in [-0.4, -0.2) is 39.2 Å². The van der Waals surface area contributed by atoms with E-state index in [0.29, 0.717) is 19.4 Å². The van der Waals surface area contributed by atoms with Gasteiger partial charge < -0.3 is 20.4 Å². The zero-order valence-electron chi connectivity index (χ0n) is 13.7. The Morgan fingerprint density at radius 3 is 2.62 bits per heavy atom. The van der Waals surface area contributed by atoms with E-state index >= 15 is 0 Å². The number of urea groups is 1. The van der Waals surface area contributed by atoms with Crippen LogP contribution in [0.1, 0.15) is 55.8 Å². The molecule has 1 aromatic carbocycles. The van der Waals surface area contributed by atoms with Gasteiger partial charge in [-0.2, -0.15) is 0 Å². The van der Waals surface area contributed by atoms with Crippen LogP contribution < -0.4 is 5.32 Å². The number of carboxylic acids is 1. The number of nitrogens with one attached hydrogen (secondary N) is 1. The SMILES string of the molecule is O=C(O)CC1(NC(=O)N2Cc3ccccc3C(O)C2)CCCCC1. The minimum Gasteiger partial charge on any atom is -0.481 e. The molecule has 2 aliphatic rings. The van der Waals surface area contributed by atoms with Gasteiger partial charge in [-0.25, -0.2) is 4.79 Å². The van der Waals surface area contributed by atoms with E-state index in [9.17, 15) is 19.8 Å². The number of aliphatic hydroxyl groups is 1. The molecule has 6 nitrogen and oxygen atoms in total. The van der Waals surface area contributed by atoms with E-state index in [-0.39, 0.29) is 19.0 Å². The molecule has 1 aliphatic carbocycles. The highest BCUT2D eigenvalue weighted by Crippen LogP contribution is 2.32. The van der Waals surface area contributed by atoms with Crippen molar-refractivity contribution < 1.29 is 19.8 Å². The number of aliphatic carboxylic acids is 1. The standard InChI is InChI=1S/C18H24N2O4/c21-15-12-20(11-13-6-2-3-7-14(13)15)17(24)19-18(10-16(22)23)8-4-1-5-9-18/h2-3,6-7,15,21H,1,4-5,8-12H2,(H,19,24)(H,22,23). The lowest BCUT2D eigenvalue weighted by molar-refractivity contribution is -0.139. The van der Waals surface area contributed by atoms with Crippen molar-refractivity contribution in [3.05, 3.63) is 35.4 Å². The lowest BCUT2D eigenvalue weighted by Crippen LogP contribution is -2.56. The summed E-state index contributed by atoms with van der Waals surface area (Å²) >= 11 is 0. The summed E-state index contributed by atoms with van der Waals surface area (Å²) in [5.74, 6) is -0.888. The molecule has 0 saturated heterocycles. The molecule has 3 rings (SSSR count). The van der Waals surface area contributed by atoms with Crippen LogP contribution in [0.15, 0.2) is 24.3 Å². The molecule has 1 atom stereocenters. The second-order valence-electron chi connectivity index (χ2n) is 6.94. The van der Waals surface area contributed by atoms with Gasteiger partial charge in [-0.05, 0) is 24.0 Å². The van der Waals surface area contributed by atoms with Crippen LogP contribution in [0, 0.1) is 0 Å².